The third kappa shape index (κ3) is 9.17. The van der Waals surface area contributed by atoms with E-state index in [1.807, 2.05) is 0 Å². The van der Waals surface area contributed by atoms with Crippen molar-refractivity contribution in [1.29, 1.82) is 0 Å². The molecule has 0 aliphatic heterocycles. The highest BCUT2D eigenvalue weighted by Gasteiger charge is 2.10. The van der Waals surface area contributed by atoms with Gasteiger partial charge < -0.3 is 17.2 Å². The fourth-order valence-electron chi connectivity index (χ4n) is 1.31. The van der Waals surface area contributed by atoms with Crippen molar-refractivity contribution in [2.75, 3.05) is 26.2 Å². The molecule has 0 aromatic heterocycles. The minimum absolute atomic E-state index is 0.0750. The van der Waals surface area contributed by atoms with Gasteiger partial charge in [-0.1, -0.05) is 6.42 Å². The normalized spacial score (nSPS) is 10.5. The molecule has 0 saturated heterocycles. The van der Waals surface area contributed by atoms with Crippen LogP contribution in [0.2, 0.25) is 0 Å². The maximum Gasteiger partial charge on any atom is 0.231 e. The Kier molecular flexibility index (Phi) is 7.57. The molecule has 0 heterocycles. The van der Waals surface area contributed by atoms with E-state index < -0.39 is 11.8 Å². The van der Waals surface area contributed by atoms with Crippen LogP contribution in [0.3, 0.4) is 0 Å². The molecular formula is C9H20N4O2. The van der Waals surface area contributed by atoms with E-state index in [1.165, 1.54) is 0 Å². The smallest absolute Gasteiger partial charge is 0.231 e. The number of primary amides is 2. The summed E-state index contributed by atoms with van der Waals surface area (Å²) in [6, 6.07) is 0. The Morgan fingerprint density at radius 2 is 1.47 bits per heavy atom. The number of unbranched alkanes of at least 4 members (excludes halogenated alkanes) is 2. The van der Waals surface area contributed by atoms with E-state index in [0.717, 1.165) is 19.3 Å². The summed E-state index contributed by atoms with van der Waals surface area (Å²) in [7, 11) is 0. The number of hydrogen-bond donors (Lipinski definition) is 3. The Bertz CT molecular complexity index is 192. The van der Waals surface area contributed by atoms with E-state index in [0.29, 0.717) is 13.1 Å². The van der Waals surface area contributed by atoms with Crippen molar-refractivity contribution >= 4 is 11.8 Å². The van der Waals surface area contributed by atoms with Gasteiger partial charge in [0.2, 0.25) is 11.8 Å². The molecule has 88 valence electrons. The number of rotatable bonds is 9. The van der Waals surface area contributed by atoms with E-state index in [1.54, 1.807) is 4.90 Å². The minimum Gasteiger partial charge on any atom is -0.369 e. The summed E-state index contributed by atoms with van der Waals surface area (Å²) in [4.78, 5) is 23.0. The number of carbonyl (C=O) groups excluding carboxylic acids is 2. The molecule has 15 heavy (non-hydrogen) atoms. The second kappa shape index (κ2) is 8.19. The van der Waals surface area contributed by atoms with Crippen LogP contribution in [-0.4, -0.2) is 42.9 Å². The molecule has 0 aliphatic rings. The van der Waals surface area contributed by atoms with Crippen LogP contribution in [0.4, 0.5) is 0 Å². The number of hydrogen-bond acceptors (Lipinski definition) is 4. The van der Waals surface area contributed by atoms with Gasteiger partial charge in [0.1, 0.15) is 0 Å². The van der Waals surface area contributed by atoms with Crippen LogP contribution in [0, 0.1) is 0 Å². The standard InChI is InChI=1S/C9H20N4O2/c10-4-2-1-3-5-13(6-8(11)14)7-9(12)15/h1-7,10H2,(H2,11,14)(H2,12,15). The van der Waals surface area contributed by atoms with Crippen molar-refractivity contribution < 1.29 is 9.59 Å². The number of nitrogens with two attached hydrogens (primary N) is 3. The quantitative estimate of drug-likeness (QED) is 0.402. The molecule has 6 N–H and O–H groups in total. The summed E-state index contributed by atoms with van der Waals surface area (Å²) in [5, 5.41) is 0. The first kappa shape index (κ1) is 13.9. The van der Waals surface area contributed by atoms with Gasteiger partial charge in [0, 0.05) is 0 Å². The average Bonchev–Trinajstić information content (AvgIpc) is 2.10. The van der Waals surface area contributed by atoms with Crippen LogP contribution < -0.4 is 17.2 Å². The third-order valence-electron chi connectivity index (χ3n) is 1.94. The molecule has 2 amide bonds. The summed E-state index contributed by atoms with van der Waals surface area (Å²) in [6.45, 7) is 1.45. The van der Waals surface area contributed by atoms with Gasteiger partial charge >= 0.3 is 0 Å². The SMILES string of the molecule is NCCCCCN(CC(N)=O)CC(N)=O. The molecule has 0 fully saturated rings. The van der Waals surface area contributed by atoms with Crippen LogP contribution in [0.25, 0.3) is 0 Å². The first-order valence-corrected chi connectivity index (χ1v) is 5.05. The van der Waals surface area contributed by atoms with Gasteiger partial charge in [-0.3, -0.25) is 14.5 Å². The summed E-state index contributed by atoms with van der Waals surface area (Å²) < 4.78 is 0. The molecule has 0 radical (unpaired) electrons. The van der Waals surface area contributed by atoms with Crippen molar-refractivity contribution in [2.45, 2.75) is 19.3 Å². The molecule has 6 nitrogen and oxygen atoms in total. The van der Waals surface area contributed by atoms with E-state index in [9.17, 15) is 9.59 Å². The lowest BCUT2D eigenvalue weighted by Gasteiger charge is -2.18. The van der Waals surface area contributed by atoms with Gasteiger partial charge in [-0.2, -0.15) is 0 Å². The largest absolute Gasteiger partial charge is 0.369 e. The van der Waals surface area contributed by atoms with Crippen molar-refractivity contribution in [2.24, 2.45) is 17.2 Å². The Balaban J connectivity index is 3.79. The van der Waals surface area contributed by atoms with Crippen LogP contribution in [0.1, 0.15) is 19.3 Å². The van der Waals surface area contributed by atoms with Crippen LogP contribution >= 0.6 is 0 Å². The molecule has 0 bridgehead atoms. The van der Waals surface area contributed by atoms with Crippen molar-refractivity contribution in [3.63, 3.8) is 0 Å². The van der Waals surface area contributed by atoms with Crippen molar-refractivity contribution in [1.82, 2.24) is 4.90 Å². The van der Waals surface area contributed by atoms with Crippen LogP contribution in [-0.2, 0) is 9.59 Å². The molecule has 0 unspecified atom stereocenters. The Morgan fingerprint density at radius 3 is 1.87 bits per heavy atom. The summed E-state index contributed by atoms with van der Waals surface area (Å²) in [6.07, 6.45) is 2.81. The van der Waals surface area contributed by atoms with Gasteiger partial charge in [0.05, 0.1) is 13.1 Å². The highest BCUT2D eigenvalue weighted by molar-refractivity contribution is 5.79. The lowest BCUT2D eigenvalue weighted by molar-refractivity contribution is -0.121. The lowest BCUT2D eigenvalue weighted by atomic mass is 10.2. The van der Waals surface area contributed by atoms with E-state index in [-0.39, 0.29) is 13.1 Å². The van der Waals surface area contributed by atoms with Gasteiger partial charge in [-0.15, -0.1) is 0 Å². The molecule has 0 spiro atoms. The van der Waals surface area contributed by atoms with Gasteiger partial charge in [-0.25, -0.2) is 0 Å². The zero-order chi connectivity index (χ0) is 11.7. The Hall–Kier alpha value is -1.14. The van der Waals surface area contributed by atoms with Gasteiger partial charge in [-0.05, 0) is 25.9 Å². The zero-order valence-electron chi connectivity index (χ0n) is 8.95. The topological polar surface area (TPSA) is 115 Å². The molecular weight excluding hydrogens is 196 g/mol. The number of nitrogens with zero attached hydrogens (tertiary/aromatic N) is 1. The minimum atomic E-state index is -0.449. The fraction of sp³-hybridized carbons (Fsp3) is 0.778. The third-order valence-corrected chi connectivity index (χ3v) is 1.94. The molecule has 0 rings (SSSR count). The second-order valence-corrected chi connectivity index (χ2v) is 3.49. The second-order valence-electron chi connectivity index (χ2n) is 3.49. The van der Waals surface area contributed by atoms with E-state index >= 15 is 0 Å². The highest BCUT2D eigenvalue weighted by Crippen LogP contribution is 1.97. The first-order chi connectivity index (χ1) is 7.06. The summed E-state index contributed by atoms with van der Waals surface area (Å²) in [5.74, 6) is -0.898. The number of carbonyl (C=O) groups is 2. The maximum atomic E-state index is 10.7. The lowest BCUT2D eigenvalue weighted by Crippen LogP contribution is -2.40. The average molecular weight is 216 g/mol. The molecule has 6 heteroatoms. The van der Waals surface area contributed by atoms with Crippen molar-refractivity contribution in [3.05, 3.63) is 0 Å². The molecule has 0 aromatic carbocycles. The first-order valence-electron chi connectivity index (χ1n) is 5.05. The van der Waals surface area contributed by atoms with E-state index in [2.05, 4.69) is 0 Å². The zero-order valence-corrected chi connectivity index (χ0v) is 8.95. The predicted molar refractivity (Wildman–Crippen MR) is 57.7 cm³/mol. The Labute approximate surface area is 89.8 Å². The Morgan fingerprint density at radius 1 is 0.933 bits per heavy atom. The highest BCUT2D eigenvalue weighted by atomic mass is 16.2. The summed E-state index contributed by atoms with van der Waals surface area (Å²) >= 11 is 0. The molecule has 0 aliphatic carbocycles. The van der Waals surface area contributed by atoms with Gasteiger partial charge in [0.15, 0.2) is 0 Å². The van der Waals surface area contributed by atoms with Gasteiger partial charge in [0.25, 0.3) is 0 Å². The predicted octanol–water partition coefficient (Wildman–Crippen LogP) is -1.61. The monoisotopic (exact) mass is 216 g/mol. The number of amides is 2. The van der Waals surface area contributed by atoms with Crippen LogP contribution in [0.15, 0.2) is 0 Å². The molecule has 0 saturated carbocycles. The summed E-state index contributed by atoms with van der Waals surface area (Å²) in [5.41, 5.74) is 15.4. The fourth-order valence-corrected chi connectivity index (χ4v) is 1.31. The maximum absolute atomic E-state index is 10.7. The molecule has 0 aromatic rings. The van der Waals surface area contributed by atoms with E-state index in [4.69, 9.17) is 17.2 Å². The van der Waals surface area contributed by atoms with Crippen LogP contribution in [0.5, 0.6) is 0 Å². The molecule has 0 atom stereocenters. The van der Waals surface area contributed by atoms with Crippen molar-refractivity contribution in [3.8, 4) is 0 Å².